The van der Waals surface area contributed by atoms with Gasteiger partial charge >= 0.3 is 6.03 Å². The number of hydrogen-bond donors (Lipinski definition) is 2. The molecule has 0 spiro atoms. The second kappa shape index (κ2) is 7.76. The van der Waals surface area contributed by atoms with Gasteiger partial charge in [-0.25, -0.2) is 9.18 Å². The Morgan fingerprint density at radius 3 is 2.53 bits per heavy atom. The normalized spacial score (nSPS) is 19.8. The lowest BCUT2D eigenvalue weighted by atomic mass is 9.90. The minimum Gasteiger partial charge on any atom is -0.488 e. The van der Waals surface area contributed by atoms with Crippen LogP contribution in [-0.4, -0.2) is 41.2 Å². The van der Waals surface area contributed by atoms with Gasteiger partial charge in [0.2, 0.25) is 0 Å². The number of imide groups is 1. The number of amides is 3. The zero-order valence-corrected chi connectivity index (χ0v) is 16.3. The molecule has 0 saturated carbocycles. The number of nitrogens with one attached hydrogen (secondary N) is 1. The van der Waals surface area contributed by atoms with Crippen LogP contribution in [0.2, 0.25) is 0 Å². The van der Waals surface area contributed by atoms with E-state index in [4.69, 9.17) is 4.74 Å². The van der Waals surface area contributed by atoms with Crippen molar-refractivity contribution in [3.8, 4) is 5.75 Å². The summed E-state index contributed by atoms with van der Waals surface area (Å²) in [6.07, 6.45) is -1.17. The molecule has 2 atom stereocenters. The van der Waals surface area contributed by atoms with Gasteiger partial charge in [-0.3, -0.25) is 9.69 Å². The Morgan fingerprint density at radius 2 is 1.77 bits per heavy atom. The molecule has 1 fully saturated rings. The van der Waals surface area contributed by atoms with Gasteiger partial charge < -0.3 is 15.2 Å². The van der Waals surface area contributed by atoms with Gasteiger partial charge in [0, 0.05) is 0 Å². The Labute approximate surface area is 172 Å². The summed E-state index contributed by atoms with van der Waals surface area (Å²) in [7, 11) is 0. The predicted molar refractivity (Wildman–Crippen MR) is 109 cm³/mol. The van der Waals surface area contributed by atoms with Crippen LogP contribution >= 0.6 is 0 Å². The third-order valence-electron chi connectivity index (χ3n) is 5.26. The van der Waals surface area contributed by atoms with E-state index in [0.717, 1.165) is 15.7 Å². The number of halogens is 1. The molecule has 0 aliphatic carbocycles. The molecule has 30 heavy (non-hydrogen) atoms. The molecule has 1 heterocycles. The number of β-amino-alcohol motifs (C(OH)–C–C–N with tert-alkyl or cyclic N) is 1. The summed E-state index contributed by atoms with van der Waals surface area (Å²) in [4.78, 5) is 26.5. The van der Waals surface area contributed by atoms with Crippen molar-refractivity contribution in [1.29, 1.82) is 0 Å². The molecule has 154 valence electrons. The molecule has 7 heteroatoms. The number of urea groups is 1. The smallest absolute Gasteiger partial charge is 0.325 e. The molecular weight excluding hydrogens is 387 g/mol. The van der Waals surface area contributed by atoms with Crippen molar-refractivity contribution in [2.45, 2.75) is 18.6 Å². The van der Waals surface area contributed by atoms with Gasteiger partial charge in [-0.15, -0.1) is 0 Å². The Bertz CT molecular complexity index is 1120. The summed E-state index contributed by atoms with van der Waals surface area (Å²) in [6.45, 7) is 1.12. The summed E-state index contributed by atoms with van der Waals surface area (Å²) in [5.74, 6) is -1.02. The lowest BCUT2D eigenvalue weighted by Gasteiger charge is -2.23. The molecule has 0 radical (unpaired) electrons. The van der Waals surface area contributed by atoms with E-state index in [2.05, 4.69) is 5.32 Å². The number of aliphatic hydroxyl groups excluding tert-OH is 1. The molecule has 4 rings (SSSR count). The maximum absolute atomic E-state index is 13.6. The van der Waals surface area contributed by atoms with Crippen molar-refractivity contribution >= 4 is 22.7 Å². The fourth-order valence-electron chi connectivity index (χ4n) is 3.57. The fourth-order valence-corrected chi connectivity index (χ4v) is 3.57. The van der Waals surface area contributed by atoms with Crippen LogP contribution in [0.1, 0.15) is 12.5 Å². The van der Waals surface area contributed by atoms with E-state index in [-0.39, 0.29) is 18.9 Å². The SMILES string of the molecule is C[C@@]1(c2ccc3ccccc3c2)NC(=O)N(C[C@H](O)COc2ccccc2F)C1=O. The van der Waals surface area contributed by atoms with Crippen molar-refractivity contribution in [1.82, 2.24) is 10.2 Å². The average molecular weight is 408 g/mol. The monoisotopic (exact) mass is 408 g/mol. The van der Waals surface area contributed by atoms with Crippen molar-refractivity contribution in [3.63, 3.8) is 0 Å². The van der Waals surface area contributed by atoms with Crippen molar-refractivity contribution in [3.05, 3.63) is 78.1 Å². The third kappa shape index (κ3) is 3.59. The van der Waals surface area contributed by atoms with E-state index in [0.29, 0.717) is 5.56 Å². The predicted octanol–water partition coefficient (Wildman–Crippen LogP) is 3.19. The number of hydrogen-bond acceptors (Lipinski definition) is 4. The van der Waals surface area contributed by atoms with Crippen LogP contribution in [0.3, 0.4) is 0 Å². The van der Waals surface area contributed by atoms with Crippen LogP contribution in [-0.2, 0) is 10.3 Å². The maximum atomic E-state index is 13.6. The Balaban J connectivity index is 1.48. The summed E-state index contributed by atoms with van der Waals surface area (Å²) >= 11 is 0. The lowest BCUT2D eigenvalue weighted by molar-refractivity contribution is -0.132. The van der Waals surface area contributed by atoms with Crippen LogP contribution in [0, 0.1) is 5.82 Å². The Morgan fingerprint density at radius 1 is 1.07 bits per heavy atom. The first-order valence-corrected chi connectivity index (χ1v) is 9.57. The van der Waals surface area contributed by atoms with Crippen LogP contribution in [0.5, 0.6) is 5.75 Å². The minimum absolute atomic E-state index is 0.00486. The van der Waals surface area contributed by atoms with Gasteiger partial charge in [-0.1, -0.05) is 48.5 Å². The molecular formula is C23H21FN2O4. The van der Waals surface area contributed by atoms with E-state index in [1.54, 1.807) is 13.0 Å². The molecule has 2 N–H and O–H groups in total. The van der Waals surface area contributed by atoms with E-state index in [9.17, 15) is 19.1 Å². The highest BCUT2D eigenvalue weighted by Crippen LogP contribution is 2.31. The van der Waals surface area contributed by atoms with Gasteiger partial charge in [-0.05, 0) is 41.5 Å². The van der Waals surface area contributed by atoms with Gasteiger partial charge in [0.1, 0.15) is 18.2 Å². The van der Waals surface area contributed by atoms with E-state index in [1.165, 1.54) is 18.2 Å². The number of para-hydroxylation sites is 1. The summed E-state index contributed by atoms with van der Waals surface area (Å²) in [5.41, 5.74) is -0.591. The quantitative estimate of drug-likeness (QED) is 0.614. The fraction of sp³-hybridized carbons (Fsp3) is 0.217. The second-order valence-corrected chi connectivity index (χ2v) is 7.43. The number of fused-ring (bicyclic) bond motifs is 1. The van der Waals surface area contributed by atoms with Gasteiger partial charge in [0.05, 0.1) is 6.54 Å². The largest absolute Gasteiger partial charge is 0.488 e. The highest BCUT2D eigenvalue weighted by Gasteiger charge is 2.49. The number of benzene rings is 3. The number of nitrogens with zero attached hydrogens (tertiary/aromatic N) is 1. The molecule has 0 bridgehead atoms. The number of rotatable bonds is 6. The molecule has 0 unspecified atom stereocenters. The Kier molecular flexibility index (Phi) is 5.13. The van der Waals surface area contributed by atoms with Gasteiger partial charge in [0.25, 0.3) is 5.91 Å². The average Bonchev–Trinajstić information content (AvgIpc) is 2.96. The van der Waals surface area contributed by atoms with E-state index >= 15 is 0 Å². The molecule has 1 aliphatic heterocycles. The van der Waals surface area contributed by atoms with E-state index in [1.807, 2.05) is 42.5 Å². The van der Waals surface area contributed by atoms with Crippen LogP contribution in [0.4, 0.5) is 9.18 Å². The van der Waals surface area contributed by atoms with Crippen molar-refractivity contribution in [2.75, 3.05) is 13.2 Å². The topological polar surface area (TPSA) is 78.9 Å². The maximum Gasteiger partial charge on any atom is 0.325 e. The Hall–Kier alpha value is -3.45. The second-order valence-electron chi connectivity index (χ2n) is 7.43. The first kappa shape index (κ1) is 19.8. The highest BCUT2D eigenvalue weighted by atomic mass is 19.1. The first-order chi connectivity index (χ1) is 14.4. The van der Waals surface area contributed by atoms with Crippen LogP contribution in [0.15, 0.2) is 66.7 Å². The van der Waals surface area contributed by atoms with Crippen LogP contribution < -0.4 is 10.1 Å². The molecule has 3 aromatic rings. The first-order valence-electron chi connectivity index (χ1n) is 9.57. The van der Waals surface area contributed by atoms with Crippen LogP contribution in [0.25, 0.3) is 10.8 Å². The molecule has 0 aromatic heterocycles. The lowest BCUT2D eigenvalue weighted by Crippen LogP contribution is -2.42. The molecule has 1 aliphatic rings. The molecule has 3 amide bonds. The zero-order chi connectivity index (χ0) is 21.3. The van der Waals surface area contributed by atoms with Crippen molar-refractivity contribution in [2.24, 2.45) is 0 Å². The van der Waals surface area contributed by atoms with Gasteiger partial charge in [-0.2, -0.15) is 0 Å². The van der Waals surface area contributed by atoms with Gasteiger partial charge in [0.15, 0.2) is 11.6 Å². The molecule has 1 saturated heterocycles. The van der Waals surface area contributed by atoms with E-state index < -0.39 is 29.4 Å². The third-order valence-corrected chi connectivity index (χ3v) is 5.26. The number of ether oxygens (including phenoxy) is 1. The number of carbonyl (C=O) groups is 2. The highest BCUT2D eigenvalue weighted by molar-refractivity contribution is 6.07. The minimum atomic E-state index is -1.24. The number of carbonyl (C=O) groups excluding carboxylic acids is 2. The molecule has 3 aromatic carbocycles. The number of aliphatic hydroxyl groups is 1. The van der Waals surface area contributed by atoms with Crippen molar-refractivity contribution < 1.29 is 23.8 Å². The standard InChI is InChI=1S/C23H21FN2O4/c1-23(17-11-10-15-6-2-3-7-16(15)12-17)21(28)26(22(29)25-23)13-18(27)14-30-20-9-5-4-8-19(20)24/h2-12,18,27H,13-14H2,1H3,(H,25,29)/t18-,23-/m0/s1. The summed E-state index contributed by atoms with van der Waals surface area (Å²) in [5, 5.41) is 15.0. The summed E-state index contributed by atoms with van der Waals surface area (Å²) < 4.78 is 18.9. The molecule has 6 nitrogen and oxygen atoms in total. The summed E-state index contributed by atoms with van der Waals surface area (Å²) in [6, 6.07) is 18.5. The zero-order valence-electron chi connectivity index (χ0n) is 16.3.